The smallest absolute Gasteiger partial charge is 0.410 e. The summed E-state index contributed by atoms with van der Waals surface area (Å²) in [5, 5.41) is 11.8. The van der Waals surface area contributed by atoms with Crippen molar-refractivity contribution in [3.8, 4) is 0 Å². The topological polar surface area (TPSA) is 123 Å². The zero-order valence-electron chi connectivity index (χ0n) is 17.7. The first kappa shape index (κ1) is 21.1. The van der Waals surface area contributed by atoms with Crippen molar-refractivity contribution in [2.75, 3.05) is 43.4 Å². The van der Waals surface area contributed by atoms with E-state index in [-0.39, 0.29) is 6.09 Å². The summed E-state index contributed by atoms with van der Waals surface area (Å²) in [5.74, 6) is 1.75. The molecule has 3 heterocycles. The van der Waals surface area contributed by atoms with Gasteiger partial charge >= 0.3 is 6.09 Å². The predicted molar refractivity (Wildman–Crippen MR) is 113 cm³/mol. The Morgan fingerprint density at radius 3 is 2.66 bits per heavy atom. The summed E-state index contributed by atoms with van der Waals surface area (Å²) in [5.41, 5.74) is 5.87. The molecule has 0 aliphatic carbocycles. The first-order valence-corrected chi connectivity index (χ1v) is 10.1. The molecule has 10 heteroatoms. The summed E-state index contributed by atoms with van der Waals surface area (Å²) < 4.78 is 7.20. The molecule has 160 valence electrons. The molecule has 2 aromatic heterocycles. The van der Waals surface area contributed by atoms with Crippen LogP contribution in [0.4, 0.5) is 16.6 Å². The molecule has 0 spiro atoms. The van der Waals surface area contributed by atoms with E-state index in [0.717, 1.165) is 36.2 Å². The van der Waals surface area contributed by atoms with Crippen molar-refractivity contribution in [1.82, 2.24) is 24.6 Å². The summed E-state index contributed by atoms with van der Waals surface area (Å²) in [6.07, 6.45) is 3.39. The van der Waals surface area contributed by atoms with E-state index in [0.29, 0.717) is 38.0 Å². The van der Waals surface area contributed by atoms with Gasteiger partial charge in [-0.05, 0) is 39.5 Å². The van der Waals surface area contributed by atoms with Crippen LogP contribution in [0.15, 0.2) is 6.20 Å². The molecule has 4 N–H and O–H groups in total. The fourth-order valence-corrected chi connectivity index (χ4v) is 3.31. The average Bonchev–Trinajstić information content (AvgIpc) is 3.04. The Balaban J connectivity index is 1.59. The van der Waals surface area contributed by atoms with E-state index in [9.17, 15) is 4.79 Å². The number of carbonyl (C=O) groups is 1. The lowest BCUT2D eigenvalue weighted by Gasteiger charge is -2.33. The molecule has 0 bridgehead atoms. The standard InChI is InChI=1S/C19H32N8O2/c1-19(2,3)29-18(28)27-9-5-13(6-10-27)11-22-15-14-12-23-26(4)16(14)25-17(24-15)21-8-7-20/h12-13H,5-11,20H2,1-4H3,(H2,21,22,24,25). The Hall–Kier alpha value is -2.62. The Morgan fingerprint density at radius 2 is 2.00 bits per heavy atom. The van der Waals surface area contributed by atoms with Crippen molar-refractivity contribution in [3.05, 3.63) is 6.20 Å². The van der Waals surface area contributed by atoms with Gasteiger partial charge in [-0.25, -0.2) is 4.79 Å². The molecule has 10 nitrogen and oxygen atoms in total. The number of piperidine rings is 1. The fourth-order valence-electron chi connectivity index (χ4n) is 3.31. The molecule has 29 heavy (non-hydrogen) atoms. The van der Waals surface area contributed by atoms with Gasteiger partial charge in [0.25, 0.3) is 0 Å². The third kappa shape index (κ3) is 5.47. The number of ether oxygens (including phenoxy) is 1. The largest absolute Gasteiger partial charge is 0.444 e. The molecule has 1 saturated heterocycles. The van der Waals surface area contributed by atoms with Crippen molar-refractivity contribution >= 4 is 28.9 Å². The van der Waals surface area contributed by atoms with Crippen LogP contribution in [0.1, 0.15) is 33.6 Å². The van der Waals surface area contributed by atoms with Gasteiger partial charge in [0.05, 0.1) is 11.6 Å². The summed E-state index contributed by atoms with van der Waals surface area (Å²) in [6.45, 7) is 8.96. The second-order valence-corrected chi connectivity index (χ2v) is 8.41. The number of aromatic nitrogens is 4. The molecular weight excluding hydrogens is 372 g/mol. The lowest BCUT2D eigenvalue weighted by Crippen LogP contribution is -2.42. The third-order valence-electron chi connectivity index (χ3n) is 4.84. The Labute approximate surface area is 171 Å². The molecule has 0 atom stereocenters. The van der Waals surface area contributed by atoms with Crippen LogP contribution < -0.4 is 16.4 Å². The quantitative estimate of drug-likeness (QED) is 0.666. The van der Waals surface area contributed by atoms with Gasteiger partial charge in [-0.3, -0.25) is 4.68 Å². The van der Waals surface area contributed by atoms with Crippen LogP contribution in [-0.2, 0) is 11.8 Å². The number of nitrogens with zero attached hydrogens (tertiary/aromatic N) is 5. The average molecular weight is 405 g/mol. The highest BCUT2D eigenvalue weighted by Gasteiger charge is 2.27. The number of aryl methyl sites for hydroxylation is 1. The molecule has 1 fully saturated rings. The lowest BCUT2D eigenvalue weighted by atomic mass is 9.97. The molecule has 1 amide bonds. The van der Waals surface area contributed by atoms with Gasteiger partial charge in [0.15, 0.2) is 5.65 Å². The van der Waals surface area contributed by atoms with Crippen LogP contribution >= 0.6 is 0 Å². The minimum Gasteiger partial charge on any atom is -0.444 e. The van der Waals surface area contributed by atoms with Gasteiger partial charge in [0, 0.05) is 39.8 Å². The first-order chi connectivity index (χ1) is 13.8. The number of carbonyl (C=O) groups excluding carboxylic acids is 1. The molecule has 0 radical (unpaired) electrons. The highest BCUT2D eigenvalue weighted by atomic mass is 16.6. The lowest BCUT2D eigenvalue weighted by molar-refractivity contribution is 0.0188. The van der Waals surface area contributed by atoms with Gasteiger partial charge in [-0.1, -0.05) is 0 Å². The van der Waals surface area contributed by atoms with Crippen molar-refractivity contribution in [2.45, 2.75) is 39.2 Å². The van der Waals surface area contributed by atoms with Crippen molar-refractivity contribution in [1.29, 1.82) is 0 Å². The van der Waals surface area contributed by atoms with E-state index in [1.54, 1.807) is 15.8 Å². The second-order valence-electron chi connectivity index (χ2n) is 8.41. The van der Waals surface area contributed by atoms with Crippen LogP contribution in [0.5, 0.6) is 0 Å². The normalized spacial score (nSPS) is 15.6. The van der Waals surface area contributed by atoms with Crippen LogP contribution in [-0.4, -0.2) is 69.1 Å². The molecule has 1 aliphatic heterocycles. The molecular formula is C19H32N8O2. The summed E-state index contributed by atoms with van der Waals surface area (Å²) >= 11 is 0. The van der Waals surface area contributed by atoms with Crippen LogP contribution in [0.25, 0.3) is 11.0 Å². The maximum absolute atomic E-state index is 12.2. The van der Waals surface area contributed by atoms with Gasteiger partial charge in [0.1, 0.15) is 11.4 Å². The molecule has 0 aromatic carbocycles. The predicted octanol–water partition coefficient (Wildman–Crippen LogP) is 1.79. The van der Waals surface area contributed by atoms with Crippen LogP contribution in [0.2, 0.25) is 0 Å². The fraction of sp³-hybridized carbons (Fsp3) is 0.684. The maximum Gasteiger partial charge on any atom is 0.410 e. The Morgan fingerprint density at radius 1 is 1.28 bits per heavy atom. The van der Waals surface area contributed by atoms with Gasteiger partial charge in [-0.15, -0.1) is 0 Å². The summed E-state index contributed by atoms with van der Waals surface area (Å²) in [6, 6.07) is 0. The van der Waals surface area contributed by atoms with Gasteiger partial charge in [0.2, 0.25) is 5.95 Å². The Kier molecular flexibility index (Phi) is 6.41. The number of nitrogens with two attached hydrogens (primary N) is 1. The van der Waals surface area contributed by atoms with E-state index in [2.05, 4.69) is 25.7 Å². The first-order valence-electron chi connectivity index (χ1n) is 10.1. The van der Waals surface area contributed by atoms with Gasteiger partial charge < -0.3 is 26.0 Å². The number of hydrogen-bond donors (Lipinski definition) is 3. The molecule has 2 aromatic rings. The molecule has 1 aliphatic rings. The number of rotatable bonds is 6. The number of nitrogens with one attached hydrogen (secondary N) is 2. The molecule has 3 rings (SSSR count). The third-order valence-corrected chi connectivity index (χ3v) is 4.84. The minimum atomic E-state index is -0.465. The zero-order valence-corrected chi connectivity index (χ0v) is 17.7. The number of hydrogen-bond acceptors (Lipinski definition) is 8. The van der Waals surface area contributed by atoms with E-state index >= 15 is 0 Å². The van der Waals surface area contributed by atoms with E-state index in [1.807, 2.05) is 27.8 Å². The van der Waals surface area contributed by atoms with E-state index in [1.165, 1.54) is 0 Å². The Bertz CT molecular complexity index is 837. The van der Waals surface area contributed by atoms with Crippen molar-refractivity contribution in [2.24, 2.45) is 18.7 Å². The maximum atomic E-state index is 12.2. The highest BCUT2D eigenvalue weighted by Crippen LogP contribution is 2.24. The summed E-state index contributed by atoms with van der Waals surface area (Å²) in [4.78, 5) is 23.1. The summed E-state index contributed by atoms with van der Waals surface area (Å²) in [7, 11) is 1.86. The highest BCUT2D eigenvalue weighted by molar-refractivity contribution is 5.87. The number of fused-ring (bicyclic) bond motifs is 1. The second kappa shape index (κ2) is 8.81. The SMILES string of the molecule is Cn1ncc2c(NCC3CCN(C(=O)OC(C)(C)C)CC3)nc(NCCN)nc21. The minimum absolute atomic E-state index is 0.229. The monoisotopic (exact) mass is 404 g/mol. The van der Waals surface area contributed by atoms with Crippen LogP contribution in [0, 0.1) is 5.92 Å². The van der Waals surface area contributed by atoms with Crippen molar-refractivity contribution in [3.63, 3.8) is 0 Å². The zero-order chi connectivity index (χ0) is 21.0. The van der Waals surface area contributed by atoms with E-state index < -0.39 is 5.60 Å². The molecule has 0 saturated carbocycles. The number of likely N-dealkylation sites (tertiary alicyclic amines) is 1. The number of amides is 1. The molecule has 0 unspecified atom stereocenters. The van der Waals surface area contributed by atoms with E-state index in [4.69, 9.17) is 10.5 Å². The van der Waals surface area contributed by atoms with Gasteiger partial charge in [-0.2, -0.15) is 15.1 Å². The van der Waals surface area contributed by atoms with Crippen molar-refractivity contribution < 1.29 is 9.53 Å². The van der Waals surface area contributed by atoms with Crippen LogP contribution in [0.3, 0.4) is 0 Å². The number of anilines is 2.